The first-order valence-electron chi connectivity index (χ1n) is 3.53. The van der Waals surface area contributed by atoms with Crippen LogP contribution in [0.1, 0.15) is 25.7 Å². The summed E-state index contributed by atoms with van der Waals surface area (Å²) in [6, 6.07) is 0. The minimum atomic E-state index is 0.00694. The Balaban J connectivity index is 2.71. The molecule has 0 saturated heterocycles. The minimum Gasteiger partial charge on any atom is -0.298 e. The Morgan fingerprint density at radius 1 is 1.40 bits per heavy atom. The van der Waals surface area contributed by atoms with Crippen LogP contribution in [0.3, 0.4) is 0 Å². The second kappa shape index (κ2) is 3.30. The first-order valence-corrected chi connectivity index (χ1v) is 3.53. The molecule has 0 amide bonds. The van der Waals surface area contributed by atoms with Crippen molar-refractivity contribution in [3.05, 3.63) is 11.6 Å². The van der Waals surface area contributed by atoms with Crippen LogP contribution in [-0.2, 0) is 9.59 Å². The average molecular weight is 138 g/mol. The summed E-state index contributed by atoms with van der Waals surface area (Å²) < 4.78 is 0. The molecule has 0 aliphatic heterocycles. The van der Waals surface area contributed by atoms with Crippen LogP contribution in [0, 0.1) is 0 Å². The molecule has 0 atom stereocenters. The molecule has 0 radical (unpaired) electrons. The predicted octanol–water partition coefficient (Wildman–Crippen LogP) is 1.25. The average Bonchev–Trinajstić information content (AvgIpc) is 2.13. The molecule has 10 heavy (non-hydrogen) atoms. The molecule has 0 aromatic carbocycles. The zero-order chi connectivity index (χ0) is 7.40. The number of Topliss-reactive ketones (excluding diaryl/α,β-unsaturated/α-hetero) is 1. The Kier molecular flexibility index (Phi) is 2.37. The molecule has 0 saturated carbocycles. The molecule has 0 fully saturated rings. The summed E-state index contributed by atoms with van der Waals surface area (Å²) in [6.45, 7) is 0. The van der Waals surface area contributed by atoms with Gasteiger partial charge in [-0.25, -0.2) is 0 Å². The molecule has 1 rings (SSSR count). The predicted molar refractivity (Wildman–Crippen MR) is 37.6 cm³/mol. The van der Waals surface area contributed by atoms with Crippen molar-refractivity contribution >= 4 is 12.1 Å². The zero-order valence-electron chi connectivity index (χ0n) is 5.80. The maximum Gasteiger partial charge on any atom is 0.165 e. The lowest BCUT2D eigenvalue weighted by atomic mass is 10.1. The Bertz CT molecular complexity index is 180. The highest BCUT2D eigenvalue weighted by Gasteiger charge is 2.10. The molecule has 1 aliphatic rings. The number of hydrogen-bond donors (Lipinski definition) is 0. The first kappa shape index (κ1) is 7.19. The van der Waals surface area contributed by atoms with E-state index in [2.05, 4.69) is 0 Å². The lowest BCUT2D eigenvalue weighted by Gasteiger charge is -1.90. The standard InChI is InChI=1S/C8H10O2/c9-6-7-4-2-1-3-5-8(7)10/h4,6H,1-3,5H2. The van der Waals surface area contributed by atoms with Gasteiger partial charge < -0.3 is 0 Å². The summed E-state index contributed by atoms with van der Waals surface area (Å²) >= 11 is 0. The number of ketones is 1. The summed E-state index contributed by atoms with van der Waals surface area (Å²) in [5.41, 5.74) is 0.373. The van der Waals surface area contributed by atoms with E-state index in [0.29, 0.717) is 18.3 Å². The highest BCUT2D eigenvalue weighted by Crippen LogP contribution is 2.11. The van der Waals surface area contributed by atoms with Gasteiger partial charge in [-0.3, -0.25) is 9.59 Å². The topological polar surface area (TPSA) is 34.1 Å². The SMILES string of the molecule is O=CC1=CCCCCC1=O. The van der Waals surface area contributed by atoms with Gasteiger partial charge in [-0.1, -0.05) is 6.08 Å². The van der Waals surface area contributed by atoms with Crippen molar-refractivity contribution in [1.82, 2.24) is 0 Å². The van der Waals surface area contributed by atoms with Crippen molar-refractivity contribution in [2.24, 2.45) is 0 Å². The Morgan fingerprint density at radius 3 is 2.90 bits per heavy atom. The fourth-order valence-electron chi connectivity index (χ4n) is 1.06. The molecule has 0 heterocycles. The molecule has 1 aliphatic carbocycles. The Labute approximate surface area is 59.9 Å². The monoisotopic (exact) mass is 138 g/mol. The smallest absolute Gasteiger partial charge is 0.165 e. The van der Waals surface area contributed by atoms with Gasteiger partial charge in [0.15, 0.2) is 12.1 Å². The van der Waals surface area contributed by atoms with Crippen molar-refractivity contribution < 1.29 is 9.59 Å². The minimum absolute atomic E-state index is 0.00694. The molecular weight excluding hydrogens is 128 g/mol. The number of allylic oxidation sites excluding steroid dienone is 2. The zero-order valence-corrected chi connectivity index (χ0v) is 5.80. The molecular formula is C8H10O2. The van der Waals surface area contributed by atoms with Crippen LogP contribution >= 0.6 is 0 Å². The van der Waals surface area contributed by atoms with E-state index in [-0.39, 0.29) is 5.78 Å². The second-order valence-electron chi connectivity index (χ2n) is 2.45. The van der Waals surface area contributed by atoms with E-state index in [4.69, 9.17) is 0 Å². The summed E-state index contributed by atoms with van der Waals surface area (Å²) in [5, 5.41) is 0. The van der Waals surface area contributed by atoms with Crippen LogP contribution in [0.25, 0.3) is 0 Å². The molecule has 0 unspecified atom stereocenters. The molecule has 2 heteroatoms. The van der Waals surface area contributed by atoms with E-state index in [1.165, 1.54) is 0 Å². The number of carbonyl (C=O) groups excluding carboxylic acids is 2. The van der Waals surface area contributed by atoms with Crippen LogP contribution in [0.4, 0.5) is 0 Å². The van der Waals surface area contributed by atoms with Gasteiger partial charge in [0.1, 0.15) is 0 Å². The van der Waals surface area contributed by atoms with Gasteiger partial charge in [-0.15, -0.1) is 0 Å². The lowest BCUT2D eigenvalue weighted by Crippen LogP contribution is -2.00. The largest absolute Gasteiger partial charge is 0.298 e. The van der Waals surface area contributed by atoms with Crippen molar-refractivity contribution in [2.45, 2.75) is 25.7 Å². The molecule has 2 nitrogen and oxygen atoms in total. The highest BCUT2D eigenvalue weighted by molar-refractivity contribution is 6.11. The lowest BCUT2D eigenvalue weighted by molar-refractivity contribution is -0.117. The Hall–Kier alpha value is -0.920. The third kappa shape index (κ3) is 1.53. The van der Waals surface area contributed by atoms with Gasteiger partial charge in [-0.2, -0.15) is 0 Å². The summed E-state index contributed by atoms with van der Waals surface area (Å²) in [5.74, 6) is 0.00694. The van der Waals surface area contributed by atoms with Gasteiger partial charge in [0.25, 0.3) is 0 Å². The maximum absolute atomic E-state index is 10.9. The van der Waals surface area contributed by atoms with Gasteiger partial charge in [-0.05, 0) is 19.3 Å². The fraction of sp³-hybridized carbons (Fsp3) is 0.500. The van der Waals surface area contributed by atoms with Crippen molar-refractivity contribution in [1.29, 1.82) is 0 Å². The van der Waals surface area contributed by atoms with Crippen LogP contribution in [0.2, 0.25) is 0 Å². The van der Waals surface area contributed by atoms with E-state index >= 15 is 0 Å². The molecule has 0 spiro atoms. The Morgan fingerprint density at radius 2 is 2.20 bits per heavy atom. The van der Waals surface area contributed by atoms with Gasteiger partial charge in [0.2, 0.25) is 0 Å². The number of aldehydes is 1. The number of carbonyl (C=O) groups is 2. The fourth-order valence-corrected chi connectivity index (χ4v) is 1.06. The summed E-state index contributed by atoms with van der Waals surface area (Å²) in [4.78, 5) is 21.2. The molecule has 0 N–H and O–H groups in total. The number of hydrogen-bond acceptors (Lipinski definition) is 2. The van der Waals surface area contributed by atoms with Gasteiger partial charge in [0, 0.05) is 6.42 Å². The summed E-state index contributed by atoms with van der Waals surface area (Å²) in [7, 11) is 0. The van der Waals surface area contributed by atoms with E-state index in [1.807, 2.05) is 0 Å². The molecule has 0 aromatic heterocycles. The van der Waals surface area contributed by atoms with Gasteiger partial charge >= 0.3 is 0 Å². The maximum atomic E-state index is 10.9. The number of rotatable bonds is 1. The van der Waals surface area contributed by atoms with Crippen LogP contribution in [0.15, 0.2) is 11.6 Å². The van der Waals surface area contributed by atoms with E-state index in [0.717, 1.165) is 19.3 Å². The van der Waals surface area contributed by atoms with Crippen molar-refractivity contribution in [3.8, 4) is 0 Å². The molecule has 54 valence electrons. The summed E-state index contributed by atoms with van der Waals surface area (Å²) in [6.07, 6.45) is 5.77. The van der Waals surface area contributed by atoms with Crippen LogP contribution in [-0.4, -0.2) is 12.1 Å². The third-order valence-electron chi connectivity index (χ3n) is 1.67. The van der Waals surface area contributed by atoms with Crippen LogP contribution < -0.4 is 0 Å². The van der Waals surface area contributed by atoms with E-state index in [1.54, 1.807) is 6.08 Å². The first-order chi connectivity index (χ1) is 4.84. The highest BCUT2D eigenvalue weighted by atomic mass is 16.1. The quantitative estimate of drug-likeness (QED) is 0.403. The van der Waals surface area contributed by atoms with Crippen LogP contribution in [0.5, 0.6) is 0 Å². The van der Waals surface area contributed by atoms with Crippen molar-refractivity contribution in [3.63, 3.8) is 0 Å². The van der Waals surface area contributed by atoms with Gasteiger partial charge in [0.05, 0.1) is 5.57 Å². The third-order valence-corrected chi connectivity index (χ3v) is 1.67. The van der Waals surface area contributed by atoms with Crippen molar-refractivity contribution in [2.75, 3.05) is 0 Å². The van der Waals surface area contributed by atoms with E-state index < -0.39 is 0 Å². The normalized spacial score (nSPS) is 19.6. The molecule has 0 aromatic rings. The molecule has 0 bridgehead atoms. The van der Waals surface area contributed by atoms with E-state index in [9.17, 15) is 9.59 Å². The second-order valence-corrected chi connectivity index (χ2v) is 2.45.